The van der Waals surface area contributed by atoms with Crippen LogP contribution in [-0.4, -0.2) is 35.9 Å². The number of aromatic amines is 1. The molecule has 0 amide bonds. The molecule has 0 aromatic carbocycles. The fourth-order valence-corrected chi connectivity index (χ4v) is 2.28. The van der Waals surface area contributed by atoms with Crippen LogP contribution in [0.3, 0.4) is 0 Å². The second-order valence-electron chi connectivity index (χ2n) is 4.91. The van der Waals surface area contributed by atoms with Crippen molar-refractivity contribution in [2.75, 3.05) is 13.2 Å². The third kappa shape index (κ3) is 4.44. The van der Waals surface area contributed by atoms with Gasteiger partial charge in [-0.05, 0) is 20.3 Å². The van der Waals surface area contributed by atoms with E-state index in [9.17, 15) is 14.4 Å². The van der Waals surface area contributed by atoms with Crippen LogP contribution in [0.25, 0.3) is 0 Å². The van der Waals surface area contributed by atoms with Crippen molar-refractivity contribution in [1.82, 2.24) is 4.98 Å². The van der Waals surface area contributed by atoms with Crippen molar-refractivity contribution in [3.8, 4) is 0 Å². The van der Waals surface area contributed by atoms with E-state index in [-0.39, 0.29) is 42.2 Å². The number of H-pyrrole nitrogens is 1. The summed E-state index contributed by atoms with van der Waals surface area (Å²) in [5.74, 6) is -1.69. The predicted octanol–water partition coefficient (Wildman–Crippen LogP) is 3.25. The lowest BCUT2D eigenvalue weighted by Crippen LogP contribution is -2.16. The van der Waals surface area contributed by atoms with E-state index in [1.807, 2.05) is 0 Å². The van der Waals surface area contributed by atoms with Gasteiger partial charge in [0.25, 0.3) is 0 Å². The Labute approximate surface area is 141 Å². The first kappa shape index (κ1) is 19.4. The Kier molecular flexibility index (Phi) is 7.68. The maximum atomic E-state index is 12.6. The van der Waals surface area contributed by atoms with Crippen molar-refractivity contribution in [1.29, 1.82) is 0 Å². The first-order valence-electron chi connectivity index (χ1n) is 7.85. The van der Waals surface area contributed by atoms with Gasteiger partial charge in [0, 0.05) is 18.5 Å². The molecule has 0 radical (unpaired) electrons. The standard InChI is InChI=1S/C18H23NO5/c1-5-9-11-13(20)14-12(10-6-2)19-16(18(22)24-8-4)15(14)17(21)23-7-3/h5-6,19H,1-2,7-11H2,3-4H3. The van der Waals surface area contributed by atoms with Crippen LogP contribution < -0.4 is 0 Å². The summed E-state index contributed by atoms with van der Waals surface area (Å²) in [5, 5.41) is 0. The van der Waals surface area contributed by atoms with Crippen molar-refractivity contribution >= 4 is 17.7 Å². The zero-order valence-corrected chi connectivity index (χ0v) is 14.1. The molecule has 0 aliphatic carbocycles. The number of ketones is 1. The van der Waals surface area contributed by atoms with Crippen LogP contribution >= 0.6 is 0 Å². The minimum Gasteiger partial charge on any atom is -0.462 e. The van der Waals surface area contributed by atoms with Gasteiger partial charge in [-0.2, -0.15) is 0 Å². The topological polar surface area (TPSA) is 85.5 Å². The molecular formula is C18H23NO5. The zero-order chi connectivity index (χ0) is 18.1. The van der Waals surface area contributed by atoms with Gasteiger partial charge in [0.2, 0.25) is 0 Å². The molecule has 0 bridgehead atoms. The molecule has 6 heteroatoms. The number of carbonyl (C=O) groups excluding carboxylic acids is 3. The van der Waals surface area contributed by atoms with E-state index < -0.39 is 11.9 Å². The van der Waals surface area contributed by atoms with Crippen molar-refractivity contribution in [3.63, 3.8) is 0 Å². The molecular weight excluding hydrogens is 310 g/mol. The summed E-state index contributed by atoms with van der Waals surface area (Å²) in [4.78, 5) is 39.9. The van der Waals surface area contributed by atoms with Gasteiger partial charge in [0.05, 0.1) is 18.8 Å². The highest BCUT2D eigenvalue weighted by molar-refractivity contribution is 6.12. The quantitative estimate of drug-likeness (QED) is 0.403. The molecule has 0 atom stereocenters. The molecule has 0 spiro atoms. The van der Waals surface area contributed by atoms with Crippen LogP contribution in [0.5, 0.6) is 0 Å². The normalized spacial score (nSPS) is 10.1. The lowest BCUT2D eigenvalue weighted by atomic mass is 9.99. The molecule has 1 heterocycles. The van der Waals surface area contributed by atoms with Gasteiger partial charge in [-0.15, -0.1) is 13.2 Å². The lowest BCUT2D eigenvalue weighted by Gasteiger charge is -2.07. The summed E-state index contributed by atoms with van der Waals surface area (Å²) in [6.07, 6.45) is 4.16. The number of allylic oxidation sites excluding steroid dienone is 2. The molecule has 1 aromatic heterocycles. The Morgan fingerprint density at radius 3 is 2.17 bits per heavy atom. The Morgan fingerprint density at radius 1 is 1.00 bits per heavy atom. The Balaban J connectivity index is 3.50. The van der Waals surface area contributed by atoms with Crippen LogP contribution in [0.4, 0.5) is 0 Å². The maximum Gasteiger partial charge on any atom is 0.355 e. The summed E-state index contributed by atoms with van der Waals surface area (Å²) in [6.45, 7) is 10.8. The molecule has 1 rings (SSSR count). The molecule has 0 aliphatic heterocycles. The summed E-state index contributed by atoms with van der Waals surface area (Å²) in [5.41, 5.74) is 0.485. The summed E-state index contributed by atoms with van der Waals surface area (Å²) in [6, 6.07) is 0. The van der Waals surface area contributed by atoms with E-state index in [1.165, 1.54) is 0 Å². The number of carbonyl (C=O) groups is 3. The van der Waals surface area contributed by atoms with Crippen molar-refractivity contribution < 1.29 is 23.9 Å². The van der Waals surface area contributed by atoms with Crippen LogP contribution in [-0.2, 0) is 15.9 Å². The summed E-state index contributed by atoms with van der Waals surface area (Å²) >= 11 is 0. The molecule has 24 heavy (non-hydrogen) atoms. The number of hydrogen-bond donors (Lipinski definition) is 1. The van der Waals surface area contributed by atoms with Gasteiger partial charge in [-0.25, -0.2) is 9.59 Å². The first-order valence-corrected chi connectivity index (χ1v) is 7.85. The molecule has 1 aromatic rings. The summed E-state index contributed by atoms with van der Waals surface area (Å²) < 4.78 is 9.99. The predicted molar refractivity (Wildman–Crippen MR) is 90.4 cm³/mol. The largest absolute Gasteiger partial charge is 0.462 e. The molecule has 6 nitrogen and oxygen atoms in total. The fraction of sp³-hybridized carbons (Fsp3) is 0.389. The SMILES string of the molecule is C=CCCC(=O)c1c(CC=C)[nH]c(C(=O)OCC)c1C(=O)OCC. The third-order valence-electron chi connectivity index (χ3n) is 3.24. The molecule has 0 saturated carbocycles. The summed E-state index contributed by atoms with van der Waals surface area (Å²) in [7, 11) is 0. The molecule has 1 N–H and O–H groups in total. The first-order chi connectivity index (χ1) is 11.5. The zero-order valence-electron chi connectivity index (χ0n) is 14.1. The van der Waals surface area contributed by atoms with E-state index in [0.717, 1.165) is 0 Å². The van der Waals surface area contributed by atoms with E-state index in [0.29, 0.717) is 18.5 Å². The number of ether oxygens (including phenoxy) is 2. The van der Waals surface area contributed by atoms with Crippen molar-refractivity contribution in [3.05, 3.63) is 47.8 Å². The van der Waals surface area contributed by atoms with Gasteiger partial charge in [-0.3, -0.25) is 4.79 Å². The van der Waals surface area contributed by atoms with E-state index in [2.05, 4.69) is 18.1 Å². The van der Waals surface area contributed by atoms with Crippen LogP contribution in [0.1, 0.15) is 63.6 Å². The van der Waals surface area contributed by atoms with E-state index >= 15 is 0 Å². The van der Waals surface area contributed by atoms with E-state index in [1.54, 1.807) is 26.0 Å². The number of hydrogen-bond acceptors (Lipinski definition) is 5. The van der Waals surface area contributed by atoms with Gasteiger partial charge in [-0.1, -0.05) is 12.2 Å². The number of rotatable bonds is 10. The van der Waals surface area contributed by atoms with Crippen LogP contribution in [0.2, 0.25) is 0 Å². The monoisotopic (exact) mass is 333 g/mol. The lowest BCUT2D eigenvalue weighted by molar-refractivity contribution is 0.0474. The van der Waals surface area contributed by atoms with E-state index in [4.69, 9.17) is 9.47 Å². The average Bonchev–Trinajstić information content (AvgIpc) is 2.93. The minimum absolute atomic E-state index is 0.0610. The third-order valence-corrected chi connectivity index (χ3v) is 3.24. The second kappa shape index (κ2) is 9.50. The van der Waals surface area contributed by atoms with Gasteiger partial charge in [0.1, 0.15) is 11.3 Å². The Bertz CT molecular complexity index is 642. The molecule has 0 saturated heterocycles. The number of nitrogens with one attached hydrogen (secondary N) is 1. The molecule has 130 valence electrons. The number of esters is 2. The maximum absolute atomic E-state index is 12.6. The number of aromatic nitrogens is 1. The highest BCUT2D eigenvalue weighted by Crippen LogP contribution is 2.24. The van der Waals surface area contributed by atoms with Gasteiger partial charge < -0.3 is 14.5 Å². The fourth-order valence-electron chi connectivity index (χ4n) is 2.28. The number of Topliss-reactive ketones (excluding diaryl/α,β-unsaturated/α-hetero) is 1. The van der Waals surface area contributed by atoms with Crippen LogP contribution in [0.15, 0.2) is 25.3 Å². The second-order valence-corrected chi connectivity index (χ2v) is 4.91. The van der Waals surface area contributed by atoms with Gasteiger partial charge >= 0.3 is 11.9 Å². The Morgan fingerprint density at radius 2 is 1.62 bits per heavy atom. The highest BCUT2D eigenvalue weighted by Gasteiger charge is 2.31. The molecule has 0 aliphatic rings. The molecule has 0 fully saturated rings. The average molecular weight is 333 g/mol. The minimum atomic E-state index is -0.728. The smallest absolute Gasteiger partial charge is 0.355 e. The molecule has 0 unspecified atom stereocenters. The van der Waals surface area contributed by atoms with Gasteiger partial charge in [0.15, 0.2) is 5.78 Å². The van der Waals surface area contributed by atoms with Crippen LogP contribution in [0, 0.1) is 0 Å². The Hall–Kier alpha value is -2.63. The van der Waals surface area contributed by atoms with Crippen molar-refractivity contribution in [2.45, 2.75) is 33.1 Å². The highest BCUT2D eigenvalue weighted by atomic mass is 16.5. The van der Waals surface area contributed by atoms with Crippen molar-refractivity contribution in [2.24, 2.45) is 0 Å².